The Morgan fingerprint density at radius 1 is 1.43 bits per heavy atom. The van der Waals surface area contributed by atoms with Crippen molar-refractivity contribution in [1.82, 2.24) is 4.31 Å². The number of β-amino-alcohol motifs (C(OH)–C–C–N with tert-alkyl or cyclic N) is 1. The number of aliphatic hydroxyl groups is 2. The van der Waals surface area contributed by atoms with Crippen molar-refractivity contribution < 1.29 is 18.6 Å². The minimum atomic E-state index is -3.62. The molecule has 1 saturated heterocycles. The molecule has 1 heterocycles. The highest BCUT2D eigenvalue weighted by Crippen LogP contribution is 2.26. The lowest BCUT2D eigenvalue weighted by atomic mass is 9.98. The molecule has 2 rings (SSSR count). The van der Waals surface area contributed by atoms with Gasteiger partial charge in [-0.2, -0.15) is 4.31 Å². The van der Waals surface area contributed by atoms with Gasteiger partial charge in [0.05, 0.1) is 17.1 Å². The third-order valence-corrected chi connectivity index (χ3v) is 6.01. The van der Waals surface area contributed by atoms with E-state index in [-0.39, 0.29) is 17.4 Å². The smallest absolute Gasteiger partial charge is 0.243 e. The first-order valence-electron chi connectivity index (χ1n) is 7.32. The summed E-state index contributed by atoms with van der Waals surface area (Å²) in [5, 5.41) is 19.8. The van der Waals surface area contributed by atoms with Gasteiger partial charge in [0.2, 0.25) is 10.0 Å². The van der Waals surface area contributed by atoms with E-state index in [2.05, 4.69) is 0 Å². The van der Waals surface area contributed by atoms with E-state index in [1.165, 1.54) is 16.4 Å². The highest BCUT2D eigenvalue weighted by Gasteiger charge is 2.32. The van der Waals surface area contributed by atoms with Gasteiger partial charge in [0.15, 0.2) is 0 Å². The summed E-state index contributed by atoms with van der Waals surface area (Å²) in [7, 11) is -3.62. The largest absolute Gasteiger partial charge is 0.391 e. The van der Waals surface area contributed by atoms with Crippen LogP contribution < -0.4 is 0 Å². The summed E-state index contributed by atoms with van der Waals surface area (Å²) in [5.74, 6) is 0.115. The van der Waals surface area contributed by atoms with Gasteiger partial charge in [0.1, 0.15) is 0 Å². The molecule has 1 aromatic carbocycles. The number of nitrogens with zero attached hydrogens (tertiary/aromatic N) is 1. The molecule has 1 aromatic rings. The summed E-state index contributed by atoms with van der Waals surface area (Å²) in [6, 6.07) is 6.42. The average molecular weight is 313 g/mol. The monoisotopic (exact) mass is 313 g/mol. The molecule has 0 aromatic heterocycles. The maximum atomic E-state index is 12.6. The summed E-state index contributed by atoms with van der Waals surface area (Å²) >= 11 is 0. The molecule has 1 aliphatic rings. The van der Waals surface area contributed by atoms with Crippen LogP contribution in [0.4, 0.5) is 0 Å². The normalized spacial score (nSPS) is 25.7. The summed E-state index contributed by atoms with van der Waals surface area (Å²) < 4.78 is 26.6. The van der Waals surface area contributed by atoms with E-state index >= 15 is 0 Å². The van der Waals surface area contributed by atoms with Crippen LogP contribution in [0.25, 0.3) is 0 Å². The van der Waals surface area contributed by atoms with Gasteiger partial charge in [-0.05, 0) is 36.5 Å². The van der Waals surface area contributed by atoms with Crippen LogP contribution in [-0.4, -0.2) is 42.1 Å². The molecule has 0 spiro atoms. The molecule has 3 unspecified atom stereocenters. The second-order valence-corrected chi connectivity index (χ2v) is 7.63. The van der Waals surface area contributed by atoms with E-state index in [1.54, 1.807) is 12.1 Å². The van der Waals surface area contributed by atoms with Crippen molar-refractivity contribution >= 4 is 10.0 Å². The third kappa shape index (κ3) is 3.45. The first kappa shape index (κ1) is 16.4. The number of sulfonamides is 1. The fraction of sp³-hybridized carbons (Fsp3) is 0.600. The van der Waals surface area contributed by atoms with Gasteiger partial charge in [0, 0.05) is 13.1 Å². The van der Waals surface area contributed by atoms with Crippen LogP contribution in [0.2, 0.25) is 0 Å². The van der Waals surface area contributed by atoms with Crippen LogP contribution in [0.15, 0.2) is 29.2 Å². The molecular formula is C15H23NO4S. The molecule has 21 heavy (non-hydrogen) atoms. The Hall–Kier alpha value is -0.950. The summed E-state index contributed by atoms with van der Waals surface area (Å²) in [5.41, 5.74) is 0.601. The zero-order valence-corrected chi connectivity index (χ0v) is 13.3. The van der Waals surface area contributed by atoms with Crippen LogP contribution >= 0.6 is 0 Å². The van der Waals surface area contributed by atoms with Crippen molar-refractivity contribution in [3.05, 3.63) is 29.8 Å². The molecule has 0 saturated carbocycles. The van der Waals surface area contributed by atoms with Crippen LogP contribution in [0.1, 0.15) is 38.4 Å². The Kier molecular flexibility index (Phi) is 5.03. The van der Waals surface area contributed by atoms with Gasteiger partial charge < -0.3 is 10.2 Å². The summed E-state index contributed by atoms with van der Waals surface area (Å²) in [6.45, 7) is 4.31. The number of hydrogen-bond acceptors (Lipinski definition) is 4. The highest BCUT2D eigenvalue weighted by molar-refractivity contribution is 7.89. The molecule has 0 bridgehead atoms. The zero-order valence-electron chi connectivity index (χ0n) is 12.4. The molecule has 2 N–H and O–H groups in total. The van der Waals surface area contributed by atoms with Crippen molar-refractivity contribution in [3.63, 3.8) is 0 Å². The molecule has 0 aliphatic carbocycles. The van der Waals surface area contributed by atoms with Gasteiger partial charge in [0.25, 0.3) is 0 Å². The fourth-order valence-electron chi connectivity index (χ4n) is 2.51. The van der Waals surface area contributed by atoms with Crippen molar-refractivity contribution in [2.24, 2.45) is 5.92 Å². The number of benzene rings is 1. The molecule has 5 nitrogen and oxygen atoms in total. The third-order valence-electron chi connectivity index (χ3n) is 4.15. The fourth-order valence-corrected chi connectivity index (χ4v) is 4.03. The Balaban J connectivity index is 2.27. The molecule has 6 heteroatoms. The van der Waals surface area contributed by atoms with Gasteiger partial charge in [-0.25, -0.2) is 8.42 Å². The Bertz CT molecular complexity index is 587. The standard InChI is InChI=1S/C15H23NO4S/c1-3-14(17)12-5-4-6-13(9-12)21(19,20)16-8-7-11(2)15(18)10-16/h4-6,9,11,14-15,17-18H,3,7-8,10H2,1-2H3. The van der Waals surface area contributed by atoms with Crippen LogP contribution in [-0.2, 0) is 10.0 Å². The highest BCUT2D eigenvalue weighted by atomic mass is 32.2. The van der Waals surface area contributed by atoms with E-state index < -0.39 is 22.2 Å². The Morgan fingerprint density at radius 3 is 2.76 bits per heavy atom. The van der Waals surface area contributed by atoms with Crippen molar-refractivity contribution in [2.45, 2.75) is 43.8 Å². The van der Waals surface area contributed by atoms with Crippen LogP contribution in [0.5, 0.6) is 0 Å². The first-order valence-corrected chi connectivity index (χ1v) is 8.76. The molecular weight excluding hydrogens is 290 g/mol. The van der Waals surface area contributed by atoms with Crippen molar-refractivity contribution in [2.75, 3.05) is 13.1 Å². The number of rotatable bonds is 4. The van der Waals surface area contributed by atoms with Crippen LogP contribution in [0, 0.1) is 5.92 Å². The Labute approximate surface area is 126 Å². The first-order chi connectivity index (χ1) is 9.86. The quantitative estimate of drug-likeness (QED) is 0.883. The van der Waals surface area contributed by atoms with E-state index in [1.807, 2.05) is 13.8 Å². The maximum absolute atomic E-state index is 12.6. The van der Waals surface area contributed by atoms with Gasteiger partial charge in [-0.15, -0.1) is 0 Å². The minimum Gasteiger partial charge on any atom is -0.391 e. The number of piperidine rings is 1. The van der Waals surface area contributed by atoms with Gasteiger partial charge in [-0.1, -0.05) is 26.0 Å². The SMILES string of the molecule is CCC(O)c1cccc(S(=O)(=O)N2CCC(C)C(O)C2)c1. The lowest BCUT2D eigenvalue weighted by Gasteiger charge is -2.33. The van der Waals surface area contributed by atoms with E-state index in [0.717, 1.165) is 0 Å². The van der Waals surface area contributed by atoms with E-state index in [0.29, 0.717) is 24.9 Å². The van der Waals surface area contributed by atoms with Crippen molar-refractivity contribution in [3.8, 4) is 0 Å². The van der Waals surface area contributed by atoms with Crippen molar-refractivity contribution in [1.29, 1.82) is 0 Å². The summed E-state index contributed by atoms with van der Waals surface area (Å²) in [4.78, 5) is 0.175. The lowest BCUT2D eigenvalue weighted by Crippen LogP contribution is -2.45. The maximum Gasteiger partial charge on any atom is 0.243 e. The van der Waals surface area contributed by atoms with E-state index in [9.17, 15) is 18.6 Å². The predicted molar refractivity (Wildman–Crippen MR) is 80.2 cm³/mol. The molecule has 0 amide bonds. The second-order valence-electron chi connectivity index (χ2n) is 5.69. The zero-order chi connectivity index (χ0) is 15.6. The number of hydrogen-bond donors (Lipinski definition) is 2. The molecule has 118 valence electrons. The van der Waals surface area contributed by atoms with Crippen LogP contribution in [0.3, 0.4) is 0 Å². The molecule has 3 atom stereocenters. The number of aliphatic hydroxyl groups excluding tert-OH is 2. The predicted octanol–water partition coefficient (Wildman–Crippen LogP) is 1.52. The average Bonchev–Trinajstić information content (AvgIpc) is 2.49. The van der Waals surface area contributed by atoms with E-state index in [4.69, 9.17) is 0 Å². The lowest BCUT2D eigenvalue weighted by molar-refractivity contribution is 0.0605. The Morgan fingerprint density at radius 2 is 2.14 bits per heavy atom. The summed E-state index contributed by atoms with van der Waals surface area (Å²) in [6.07, 6.45) is -0.105. The molecule has 0 radical (unpaired) electrons. The van der Waals surface area contributed by atoms with Gasteiger partial charge >= 0.3 is 0 Å². The molecule has 1 aliphatic heterocycles. The minimum absolute atomic E-state index is 0.115. The van der Waals surface area contributed by atoms with Gasteiger partial charge in [-0.3, -0.25) is 0 Å². The second kappa shape index (κ2) is 6.44. The molecule has 1 fully saturated rings. The topological polar surface area (TPSA) is 77.8 Å².